The molecule has 4 heteroatoms. The first-order valence-corrected chi connectivity index (χ1v) is 11.3. The van der Waals surface area contributed by atoms with Crippen LogP contribution in [-0.4, -0.2) is 9.97 Å². The highest BCUT2D eigenvalue weighted by Crippen LogP contribution is 2.38. The van der Waals surface area contributed by atoms with Crippen molar-refractivity contribution in [3.63, 3.8) is 0 Å². The van der Waals surface area contributed by atoms with Gasteiger partial charge in [0, 0.05) is 0 Å². The molecule has 0 radical (unpaired) electrons. The summed E-state index contributed by atoms with van der Waals surface area (Å²) in [6.07, 6.45) is 4.17. The van der Waals surface area contributed by atoms with E-state index in [1.165, 1.54) is 0 Å². The van der Waals surface area contributed by atoms with Gasteiger partial charge in [0.2, 0.25) is 11.8 Å². The van der Waals surface area contributed by atoms with E-state index in [1.807, 2.05) is 66.7 Å². The first-order valence-electron chi connectivity index (χ1n) is 11.3. The van der Waals surface area contributed by atoms with Gasteiger partial charge in [-0.2, -0.15) is 0 Å². The van der Waals surface area contributed by atoms with Crippen LogP contribution >= 0.6 is 0 Å². The summed E-state index contributed by atoms with van der Waals surface area (Å²) in [5.41, 5.74) is 9.23. The Morgan fingerprint density at radius 3 is 1.97 bits per heavy atom. The Morgan fingerprint density at radius 1 is 0.618 bits per heavy atom. The molecule has 0 N–H and O–H groups in total. The molecule has 34 heavy (non-hydrogen) atoms. The van der Waals surface area contributed by atoms with Gasteiger partial charge in [-0.1, -0.05) is 66.7 Å². The zero-order chi connectivity index (χ0) is 23.1. The normalized spacial score (nSPS) is 11.7. The van der Waals surface area contributed by atoms with Gasteiger partial charge in [-0.25, -0.2) is 9.97 Å². The summed E-state index contributed by atoms with van der Waals surface area (Å²) >= 11 is 0. The van der Waals surface area contributed by atoms with Crippen LogP contribution < -0.4 is 0 Å². The molecule has 0 spiro atoms. The topological polar surface area (TPSA) is 52.1 Å². The van der Waals surface area contributed by atoms with Crippen LogP contribution in [0.2, 0.25) is 0 Å². The average molecular weight is 443 g/mol. The third kappa shape index (κ3) is 3.69. The second-order valence-electron chi connectivity index (χ2n) is 8.49. The van der Waals surface area contributed by atoms with Gasteiger partial charge in [0.15, 0.2) is 11.2 Å². The van der Waals surface area contributed by atoms with Crippen LogP contribution in [-0.2, 0) is 0 Å². The van der Waals surface area contributed by atoms with E-state index in [-0.39, 0.29) is 0 Å². The predicted octanol–water partition coefficient (Wildman–Crippen LogP) is 8.09. The number of aromatic nitrogens is 2. The van der Waals surface area contributed by atoms with E-state index in [4.69, 9.17) is 18.8 Å². The molecular weight excluding hydrogens is 420 g/mol. The molecule has 0 bridgehead atoms. The fourth-order valence-corrected chi connectivity index (χ4v) is 4.17. The van der Waals surface area contributed by atoms with Crippen LogP contribution in [0.4, 0.5) is 0 Å². The van der Waals surface area contributed by atoms with Crippen LogP contribution in [0.15, 0.2) is 93.8 Å². The molecule has 4 aromatic carbocycles. The quantitative estimate of drug-likeness (QED) is 0.259. The van der Waals surface area contributed by atoms with Crippen LogP contribution in [0.25, 0.3) is 57.3 Å². The number of benzene rings is 4. The summed E-state index contributed by atoms with van der Waals surface area (Å²) < 4.78 is 12.4. The summed E-state index contributed by atoms with van der Waals surface area (Å²) in [6.45, 7) is 4.10. The number of hydrogen-bond donors (Lipinski definition) is 0. The largest absolute Gasteiger partial charge is 0.436 e. The first kappa shape index (κ1) is 20.2. The highest BCUT2D eigenvalue weighted by Gasteiger charge is 2.20. The van der Waals surface area contributed by atoms with Gasteiger partial charge in [-0.05, 0) is 66.4 Å². The van der Waals surface area contributed by atoms with Gasteiger partial charge in [0.1, 0.15) is 11.0 Å². The third-order valence-corrected chi connectivity index (χ3v) is 5.88. The summed E-state index contributed by atoms with van der Waals surface area (Å²) in [4.78, 5) is 9.64. The molecule has 0 saturated heterocycles. The van der Waals surface area contributed by atoms with Crippen LogP contribution in [0.3, 0.4) is 0 Å². The maximum atomic E-state index is 6.24. The Hall–Kier alpha value is -4.44. The Labute approximate surface area is 197 Å². The second-order valence-corrected chi connectivity index (χ2v) is 8.49. The minimum Gasteiger partial charge on any atom is -0.436 e. The average Bonchev–Trinajstić information content (AvgIpc) is 3.46. The molecule has 0 aliphatic heterocycles. The maximum absolute atomic E-state index is 6.24. The van der Waals surface area contributed by atoms with Gasteiger partial charge < -0.3 is 8.83 Å². The van der Waals surface area contributed by atoms with Gasteiger partial charge in [-0.3, -0.25) is 0 Å². The van der Waals surface area contributed by atoms with Crippen molar-refractivity contribution < 1.29 is 8.83 Å². The maximum Gasteiger partial charge on any atom is 0.228 e. The van der Waals surface area contributed by atoms with E-state index < -0.39 is 0 Å². The third-order valence-electron chi connectivity index (χ3n) is 5.88. The van der Waals surface area contributed by atoms with E-state index in [9.17, 15) is 0 Å². The molecule has 6 rings (SSSR count). The lowest BCUT2D eigenvalue weighted by atomic mass is 9.99. The summed E-state index contributed by atoms with van der Waals surface area (Å²) in [5, 5.41) is 0. The fourth-order valence-electron chi connectivity index (χ4n) is 4.17. The van der Waals surface area contributed by atoms with Crippen molar-refractivity contribution >= 4 is 34.4 Å². The molecule has 0 amide bonds. The van der Waals surface area contributed by atoms with Crippen molar-refractivity contribution in [1.29, 1.82) is 0 Å². The Balaban J connectivity index is 1.57. The summed E-state index contributed by atoms with van der Waals surface area (Å²) in [7, 11) is 0. The Kier molecular flexibility index (Phi) is 4.84. The second kappa shape index (κ2) is 8.16. The SMILES string of the molecule is Cc1ccc2oc(-c3cccc(C=Cc4ccccc4)c3-c3nc4cc(C)ccc4o3)nc2c1. The van der Waals surface area contributed by atoms with Gasteiger partial charge in [0.25, 0.3) is 0 Å². The van der Waals surface area contributed by atoms with E-state index >= 15 is 0 Å². The predicted molar refractivity (Wildman–Crippen MR) is 137 cm³/mol. The van der Waals surface area contributed by atoms with Crippen molar-refractivity contribution in [1.82, 2.24) is 9.97 Å². The molecule has 2 aromatic heterocycles. The molecule has 0 unspecified atom stereocenters. The summed E-state index contributed by atoms with van der Waals surface area (Å²) in [6, 6.07) is 28.3. The molecule has 164 valence electrons. The molecule has 4 nitrogen and oxygen atoms in total. The van der Waals surface area contributed by atoms with Crippen molar-refractivity contribution in [3.05, 3.63) is 107 Å². The van der Waals surface area contributed by atoms with Crippen LogP contribution in [0.1, 0.15) is 22.3 Å². The van der Waals surface area contributed by atoms with Crippen molar-refractivity contribution in [2.45, 2.75) is 13.8 Å². The van der Waals surface area contributed by atoms with Crippen LogP contribution in [0.5, 0.6) is 0 Å². The minimum atomic E-state index is 0.544. The molecule has 0 saturated carbocycles. The molecule has 0 aliphatic rings. The highest BCUT2D eigenvalue weighted by molar-refractivity contribution is 5.90. The van der Waals surface area contributed by atoms with E-state index in [0.29, 0.717) is 11.8 Å². The smallest absolute Gasteiger partial charge is 0.228 e. The zero-order valence-electron chi connectivity index (χ0n) is 18.9. The van der Waals surface area contributed by atoms with E-state index in [1.54, 1.807) is 0 Å². The number of aryl methyl sites for hydroxylation is 2. The number of fused-ring (bicyclic) bond motifs is 2. The van der Waals surface area contributed by atoms with Gasteiger partial charge in [-0.15, -0.1) is 0 Å². The molecular formula is C30H22N2O2. The highest BCUT2D eigenvalue weighted by atomic mass is 16.4. The molecule has 6 aromatic rings. The number of hydrogen-bond acceptors (Lipinski definition) is 4. The van der Waals surface area contributed by atoms with Gasteiger partial charge >= 0.3 is 0 Å². The van der Waals surface area contributed by atoms with Crippen LogP contribution in [0, 0.1) is 13.8 Å². The van der Waals surface area contributed by atoms with Crippen molar-refractivity contribution in [2.75, 3.05) is 0 Å². The molecule has 2 heterocycles. The van der Waals surface area contributed by atoms with Gasteiger partial charge in [0.05, 0.1) is 11.1 Å². The number of nitrogens with zero attached hydrogens (tertiary/aromatic N) is 2. The first-order chi connectivity index (χ1) is 16.6. The van der Waals surface area contributed by atoms with Crippen molar-refractivity contribution in [3.8, 4) is 22.9 Å². The molecule has 0 atom stereocenters. The Bertz CT molecular complexity index is 1670. The lowest BCUT2D eigenvalue weighted by Gasteiger charge is -2.07. The van der Waals surface area contributed by atoms with Crippen molar-refractivity contribution in [2.24, 2.45) is 0 Å². The molecule has 0 aliphatic carbocycles. The molecule has 0 fully saturated rings. The Morgan fingerprint density at radius 2 is 1.26 bits per heavy atom. The van der Waals surface area contributed by atoms with E-state index in [2.05, 4.69) is 44.2 Å². The number of rotatable bonds is 4. The monoisotopic (exact) mass is 442 g/mol. The zero-order valence-corrected chi connectivity index (χ0v) is 18.9. The number of oxazole rings is 2. The lowest BCUT2D eigenvalue weighted by Crippen LogP contribution is -1.90. The fraction of sp³-hybridized carbons (Fsp3) is 0.0667. The summed E-state index contributed by atoms with van der Waals surface area (Å²) in [5.74, 6) is 1.09. The standard InChI is InChI=1S/C30H22N2O2/c1-19-11-15-26-24(17-19)31-29(33-26)23-10-6-9-22(14-13-21-7-4-3-5-8-21)28(23)30-32-25-18-20(2)12-16-27(25)34-30/h3-18H,1-2H3. The van der Waals surface area contributed by atoms with E-state index in [0.717, 1.165) is 55.6 Å². The minimum absolute atomic E-state index is 0.544. The lowest BCUT2D eigenvalue weighted by molar-refractivity contribution is 0.611.